The van der Waals surface area contributed by atoms with Gasteiger partial charge < -0.3 is 15.2 Å². The zero-order valence-corrected chi connectivity index (χ0v) is 12.9. The summed E-state index contributed by atoms with van der Waals surface area (Å²) in [7, 11) is 1.59. The second-order valence-corrected chi connectivity index (χ2v) is 5.89. The van der Waals surface area contributed by atoms with Crippen LogP contribution in [0.4, 0.5) is 0 Å². The molecule has 2 N–H and O–H groups in total. The number of nitrogens with one attached hydrogen (secondary N) is 1. The van der Waals surface area contributed by atoms with Gasteiger partial charge in [0.25, 0.3) is 5.91 Å². The topological polar surface area (TPSA) is 75.6 Å². The number of rotatable bonds is 5. The SMILES string of the molecule is COCc1cccc(C(=O)NC2(C(=O)O)CCCCCC2)c1. The number of aliphatic carboxylic acids is 1. The van der Waals surface area contributed by atoms with Crippen molar-refractivity contribution < 1.29 is 19.4 Å². The average molecular weight is 305 g/mol. The number of carbonyl (C=O) groups is 2. The van der Waals surface area contributed by atoms with Crippen LogP contribution in [0.1, 0.15) is 54.4 Å². The Morgan fingerprint density at radius 2 is 1.91 bits per heavy atom. The standard InChI is InChI=1S/C17H23NO4/c1-22-12-13-7-6-8-14(11-13)15(19)18-17(16(20)21)9-4-2-3-5-10-17/h6-8,11H,2-5,9-10,12H2,1H3,(H,18,19)(H,20,21). The maximum absolute atomic E-state index is 12.5. The fourth-order valence-electron chi connectivity index (χ4n) is 2.98. The normalized spacial score (nSPS) is 17.5. The molecule has 1 aliphatic rings. The summed E-state index contributed by atoms with van der Waals surface area (Å²) in [4.78, 5) is 24.2. The number of carboxylic acid groups (broad SMARTS) is 1. The second kappa shape index (κ2) is 7.40. The van der Waals surface area contributed by atoms with Crippen LogP contribution in [0.25, 0.3) is 0 Å². The van der Waals surface area contributed by atoms with Gasteiger partial charge in [0.05, 0.1) is 6.61 Å². The Labute approximate surface area is 130 Å². The van der Waals surface area contributed by atoms with Crippen LogP contribution < -0.4 is 5.32 Å². The predicted octanol–water partition coefficient (Wildman–Crippen LogP) is 2.74. The summed E-state index contributed by atoms with van der Waals surface area (Å²) in [5.41, 5.74) is 0.227. The molecule has 22 heavy (non-hydrogen) atoms. The molecule has 1 saturated carbocycles. The second-order valence-electron chi connectivity index (χ2n) is 5.89. The molecule has 0 radical (unpaired) electrons. The highest BCUT2D eigenvalue weighted by atomic mass is 16.5. The minimum atomic E-state index is -1.13. The fraction of sp³-hybridized carbons (Fsp3) is 0.529. The van der Waals surface area contributed by atoms with E-state index in [1.165, 1.54) is 0 Å². The molecule has 120 valence electrons. The van der Waals surface area contributed by atoms with Crippen molar-refractivity contribution in [3.63, 3.8) is 0 Å². The first-order valence-electron chi connectivity index (χ1n) is 7.71. The van der Waals surface area contributed by atoms with E-state index in [9.17, 15) is 14.7 Å². The monoisotopic (exact) mass is 305 g/mol. The Morgan fingerprint density at radius 3 is 2.50 bits per heavy atom. The van der Waals surface area contributed by atoms with Crippen molar-refractivity contribution in [1.82, 2.24) is 5.32 Å². The van der Waals surface area contributed by atoms with Gasteiger partial charge in [-0.25, -0.2) is 4.79 Å². The summed E-state index contributed by atoms with van der Waals surface area (Å²) >= 11 is 0. The Balaban J connectivity index is 2.17. The molecule has 0 bridgehead atoms. The summed E-state index contributed by atoms with van der Waals surface area (Å²) < 4.78 is 5.06. The van der Waals surface area contributed by atoms with Crippen molar-refractivity contribution in [3.8, 4) is 0 Å². The Morgan fingerprint density at radius 1 is 1.23 bits per heavy atom. The number of methoxy groups -OCH3 is 1. The zero-order valence-electron chi connectivity index (χ0n) is 12.9. The number of benzene rings is 1. The number of carboxylic acids is 1. The molecule has 0 unspecified atom stereocenters. The highest BCUT2D eigenvalue weighted by Crippen LogP contribution is 2.28. The van der Waals surface area contributed by atoms with E-state index in [0.29, 0.717) is 25.0 Å². The summed E-state index contributed by atoms with van der Waals surface area (Å²) in [5, 5.41) is 12.4. The van der Waals surface area contributed by atoms with Crippen molar-refractivity contribution in [2.24, 2.45) is 0 Å². The lowest BCUT2D eigenvalue weighted by Crippen LogP contribution is -2.54. The maximum atomic E-state index is 12.5. The highest BCUT2D eigenvalue weighted by molar-refractivity contribution is 5.98. The van der Waals surface area contributed by atoms with Gasteiger partial charge in [0, 0.05) is 12.7 Å². The number of ether oxygens (including phenoxy) is 1. The summed E-state index contributed by atoms with van der Waals surface area (Å²) in [6.45, 7) is 0.422. The molecule has 1 fully saturated rings. The van der Waals surface area contributed by atoms with Crippen molar-refractivity contribution in [2.45, 2.75) is 50.7 Å². The lowest BCUT2D eigenvalue weighted by Gasteiger charge is -2.29. The van der Waals surface area contributed by atoms with E-state index in [1.807, 2.05) is 6.07 Å². The molecule has 1 amide bonds. The summed E-state index contributed by atoms with van der Waals surface area (Å²) in [5.74, 6) is -1.27. The number of hydrogen-bond acceptors (Lipinski definition) is 3. The van der Waals surface area contributed by atoms with E-state index < -0.39 is 11.5 Å². The van der Waals surface area contributed by atoms with Crippen molar-refractivity contribution in [2.75, 3.05) is 7.11 Å². The van der Waals surface area contributed by atoms with E-state index in [1.54, 1.807) is 25.3 Å². The van der Waals surface area contributed by atoms with Crippen molar-refractivity contribution >= 4 is 11.9 Å². The molecule has 1 aromatic rings. The predicted molar refractivity (Wildman–Crippen MR) is 82.7 cm³/mol. The number of carbonyl (C=O) groups excluding carboxylic acids is 1. The molecule has 0 heterocycles. The Bertz CT molecular complexity index is 533. The van der Waals surface area contributed by atoms with E-state index >= 15 is 0 Å². The van der Waals surface area contributed by atoms with E-state index in [-0.39, 0.29) is 5.91 Å². The molecular formula is C17H23NO4. The highest BCUT2D eigenvalue weighted by Gasteiger charge is 2.40. The van der Waals surface area contributed by atoms with Crippen LogP contribution in [0, 0.1) is 0 Å². The summed E-state index contributed by atoms with van der Waals surface area (Å²) in [6, 6.07) is 7.09. The number of amides is 1. The van der Waals surface area contributed by atoms with Crippen LogP contribution in [-0.4, -0.2) is 29.6 Å². The molecule has 0 aliphatic heterocycles. The van der Waals surface area contributed by atoms with Gasteiger partial charge >= 0.3 is 5.97 Å². The Hall–Kier alpha value is -1.88. The molecular weight excluding hydrogens is 282 g/mol. The third-order valence-corrected chi connectivity index (χ3v) is 4.22. The van der Waals surface area contributed by atoms with Gasteiger partial charge in [-0.05, 0) is 30.5 Å². The minimum absolute atomic E-state index is 0.331. The van der Waals surface area contributed by atoms with Gasteiger partial charge in [0.2, 0.25) is 0 Å². The smallest absolute Gasteiger partial charge is 0.329 e. The van der Waals surface area contributed by atoms with E-state index in [4.69, 9.17) is 4.74 Å². The number of hydrogen-bond donors (Lipinski definition) is 2. The fourth-order valence-corrected chi connectivity index (χ4v) is 2.98. The lowest BCUT2D eigenvalue weighted by molar-refractivity contribution is -0.145. The minimum Gasteiger partial charge on any atom is -0.480 e. The molecule has 1 aliphatic carbocycles. The third-order valence-electron chi connectivity index (χ3n) is 4.22. The zero-order chi connectivity index (χ0) is 16.0. The van der Waals surface area contributed by atoms with Gasteiger partial charge in [0.1, 0.15) is 5.54 Å². The third kappa shape index (κ3) is 3.85. The Kier molecular flexibility index (Phi) is 5.55. The molecule has 1 aromatic carbocycles. The molecule has 0 spiro atoms. The van der Waals surface area contributed by atoms with Gasteiger partial charge in [-0.15, -0.1) is 0 Å². The van der Waals surface area contributed by atoms with Crippen molar-refractivity contribution in [1.29, 1.82) is 0 Å². The van der Waals surface area contributed by atoms with Gasteiger partial charge in [-0.2, -0.15) is 0 Å². The maximum Gasteiger partial charge on any atom is 0.329 e. The van der Waals surface area contributed by atoms with Gasteiger partial charge in [-0.3, -0.25) is 4.79 Å². The first-order valence-corrected chi connectivity index (χ1v) is 7.71. The quantitative estimate of drug-likeness (QED) is 0.820. The first kappa shape index (κ1) is 16.5. The van der Waals surface area contributed by atoms with Crippen LogP contribution in [0.5, 0.6) is 0 Å². The van der Waals surface area contributed by atoms with Gasteiger partial charge in [0.15, 0.2) is 0 Å². The van der Waals surface area contributed by atoms with E-state index in [2.05, 4.69) is 5.32 Å². The lowest BCUT2D eigenvalue weighted by atomic mass is 9.89. The van der Waals surface area contributed by atoms with Crippen LogP contribution in [-0.2, 0) is 16.1 Å². The van der Waals surface area contributed by atoms with Crippen molar-refractivity contribution in [3.05, 3.63) is 35.4 Å². The van der Waals surface area contributed by atoms with Crippen LogP contribution >= 0.6 is 0 Å². The molecule has 2 rings (SSSR count). The van der Waals surface area contributed by atoms with Crippen LogP contribution in [0.2, 0.25) is 0 Å². The van der Waals surface area contributed by atoms with Crippen LogP contribution in [0.3, 0.4) is 0 Å². The molecule has 0 atom stereocenters. The van der Waals surface area contributed by atoms with Gasteiger partial charge in [-0.1, -0.05) is 37.8 Å². The molecule has 0 aromatic heterocycles. The first-order chi connectivity index (χ1) is 10.6. The molecule has 5 heteroatoms. The average Bonchev–Trinajstić information content (AvgIpc) is 2.74. The van der Waals surface area contributed by atoms with Crippen LogP contribution in [0.15, 0.2) is 24.3 Å². The molecule has 0 saturated heterocycles. The molecule has 5 nitrogen and oxygen atoms in total. The largest absolute Gasteiger partial charge is 0.480 e. The summed E-state index contributed by atoms with van der Waals surface area (Å²) in [6.07, 6.45) is 4.69. The van der Waals surface area contributed by atoms with E-state index in [0.717, 1.165) is 31.2 Å².